The van der Waals surface area contributed by atoms with Crippen LogP contribution in [0.2, 0.25) is 0 Å². The monoisotopic (exact) mass is 384 g/mol. The van der Waals surface area contributed by atoms with Crippen LogP contribution in [0, 0.1) is 6.92 Å². The Morgan fingerprint density at radius 3 is 2.59 bits per heavy atom. The highest BCUT2D eigenvalue weighted by Gasteiger charge is 2.32. The molecular formula is C21H24N2O3S. The van der Waals surface area contributed by atoms with Crippen molar-refractivity contribution >= 4 is 17.7 Å². The van der Waals surface area contributed by atoms with E-state index in [4.69, 9.17) is 4.74 Å². The van der Waals surface area contributed by atoms with E-state index in [1.807, 2.05) is 40.7 Å². The number of rotatable bonds is 7. The van der Waals surface area contributed by atoms with E-state index in [-0.39, 0.29) is 17.6 Å². The van der Waals surface area contributed by atoms with Crippen molar-refractivity contribution in [1.82, 2.24) is 9.47 Å². The van der Waals surface area contributed by atoms with Crippen molar-refractivity contribution in [3.63, 3.8) is 0 Å². The average molecular weight is 385 g/mol. The zero-order valence-electron chi connectivity index (χ0n) is 15.5. The van der Waals surface area contributed by atoms with Crippen LogP contribution < -0.4 is 10.3 Å². The van der Waals surface area contributed by atoms with Crippen molar-refractivity contribution in [1.29, 1.82) is 0 Å². The maximum atomic E-state index is 12.3. The molecule has 2 heterocycles. The second kappa shape index (κ2) is 7.80. The minimum absolute atomic E-state index is 0.0118. The van der Waals surface area contributed by atoms with Gasteiger partial charge in [0.15, 0.2) is 0 Å². The first-order chi connectivity index (χ1) is 13.1. The van der Waals surface area contributed by atoms with Gasteiger partial charge >= 0.3 is 0 Å². The van der Waals surface area contributed by atoms with Crippen molar-refractivity contribution in [2.24, 2.45) is 0 Å². The van der Waals surface area contributed by atoms with Crippen LogP contribution in [0.1, 0.15) is 31.0 Å². The minimum Gasteiger partial charge on any atom is -0.486 e. The quantitative estimate of drug-likeness (QED) is 0.688. The molecule has 1 amide bonds. The molecule has 4 rings (SSSR count). The van der Waals surface area contributed by atoms with Gasteiger partial charge in [0.05, 0.1) is 13.1 Å². The van der Waals surface area contributed by atoms with E-state index >= 15 is 0 Å². The van der Waals surface area contributed by atoms with Crippen molar-refractivity contribution < 1.29 is 9.53 Å². The summed E-state index contributed by atoms with van der Waals surface area (Å²) in [5.41, 5.74) is 0.961. The summed E-state index contributed by atoms with van der Waals surface area (Å²) >= 11 is 1.70. The molecule has 0 radical (unpaired) electrons. The molecule has 2 aromatic rings. The fourth-order valence-corrected chi connectivity index (χ4v) is 4.25. The molecule has 142 valence electrons. The van der Waals surface area contributed by atoms with Crippen molar-refractivity contribution in [2.45, 2.75) is 43.2 Å². The summed E-state index contributed by atoms with van der Waals surface area (Å²) in [6.45, 7) is 3.15. The number of thioether (sulfide) groups is 1. The maximum Gasteiger partial charge on any atom is 0.254 e. The van der Waals surface area contributed by atoms with Gasteiger partial charge in [-0.05, 0) is 38.0 Å². The second-order valence-electron chi connectivity index (χ2n) is 7.22. The molecule has 0 atom stereocenters. The third kappa shape index (κ3) is 4.38. The van der Waals surface area contributed by atoms with Crippen LogP contribution in [-0.2, 0) is 4.79 Å². The maximum absolute atomic E-state index is 12.3. The first kappa shape index (κ1) is 18.2. The summed E-state index contributed by atoms with van der Waals surface area (Å²) < 4.78 is 7.76. The van der Waals surface area contributed by atoms with Gasteiger partial charge in [-0.1, -0.05) is 18.2 Å². The first-order valence-corrected chi connectivity index (χ1v) is 10.4. The van der Waals surface area contributed by atoms with Gasteiger partial charge in [-0.25, -0.2) is 0 Å². The molecule has 6 heteroatoms. The van der Waals surface area contributed by atoms with E-state index in [0.29, 0.717) is 31.3 Å². The first-order valence-electron chi connectivity index (χ1n) is 9.45. The van der Waals surface area contributed by atoms with E-state index in [0.717, 1.165) is 24.3 Å². The normalized spacial score (nSPS) is 16.9. The summed E-state index contributed by atoms with van der Waals surface area (Å²) in [6.07, 6.45) is 2.68. The lowest BCUT2D eigenvalue weighted by atomic mass is 10.1. The van der Waals surface area contributed by atoms with E-state index in [9.17, 15) is 9.59 Å². The predicted molar refractivity (Wildman–Crippen MR) is 106 cm³/mol. The van der Waals surface area contributed by atoms with Gasteiger partial charge in [-0.3, -0.25) is 9.59 Å². The summed E-state index contributed by atoms with van der Waals surface area (Å²) in [6, 6.07) is 14.0. The summed E-state index contributed by atoms with van der Waals surface area (Å²) in [7, 11) is 0. The third-order valence-corrected chi connectivity index (χ3v) is 5.99. The highest BCUT2D eigenvalue weighted by Crippen LogP contribution is 2.35. The molecule has 1 saturated heterocycles. The molecule has 1 aliphatic carbocycles. The lowest BCUT2D eigenvalue weighted by Gasteiger charge is -2.39. The number of pyridine rings is 1. The van der Waals surface area contributed by atoms with Gasteiger partial charge in [0, 0.05) is 34.9 Å². The molecule has 0 N–H and O–H groups in total. The Morgan fingerprint density at radius 2 is 1.93 bits per heavy atom. The van der Waals surface area contributed by atoms with Crippen molar-refractivity contribution in [3.8, 4) is 5.75 Å². The highest BCUT2D eigenvalue weighted by atomic mass is 32.2. The third-order valence-electron chi connectivity index (χ3n) is 4.98. The van der Waals surface area contributed by atoms with E-state index in [1.54, 1.807) is 17.8 Å². The van der Waals surface area contributed by atoms with Crippen LogP contribution in [-0.4, -0.2) is 40.3 Å². The number of aromatic nitrogens is 1. The molecule has 0 unspecified atom stereocenters. The molecule has 1 aliphatic heterocycles. The highest BCUT2D eigenvalue weighted by molar-refractivity contribution is 7.99. The average Bonchev–Trinajstić information content (AvgIpc) is 3.43. The number of aryl methyl sites for hydroxylation is 1. The summed E-state index contributed by atoms with van der Waals surface area (Å²) in [5, 5.41) is 0. The standard InChI is InChI=1S/C21H24N2O3S/c1-15-11-17(12-21(25)23(15)16-7-8-16)26-18-13-22(14-18)20(24)9-10-27-19-5-3-2-4-6-19/h2-6,11-12,16,18H,7-10,13-14H2,1H3. The Labute approximate surface area is 163 Å². The Morgan fingerprint density at radius 1 is 1.19 bits per heavy atom. The zero-order valence-corrected chi connectivity index (χ0v) is 16.3. The molecule has 0 spiro atoms. The number of benzene rings is 1. The Balaban J connectivity index is 1.22. The lowest BCUT2D eigenvalue weighted by molar-refractivity contribution is -0.139. The predicted octanol–water partition coefficient (Wildman–Crippen LogP) is 3.26. The SMILES string of the molecule is Cc1cc(OC2CN(C(=O)CCSc3ccccc3)C2)cc(=O)n1C1CC1. The molecule has 1 aromatic heterocycles. The van der Waals surface area contributed by atoms with Gasteiger partial charge in [0.2, 0.25) is 5.91 Å². The fourth-order valence-electron chi connectivity index (χ4n) is 3.39. The molecule has 5 nitrogen and oxygen atoms in total. The second-order valence-corrected chi connectivity index (χ2v) is 8.39. The number of carbonyl (C=O) groups is 1. The number of amides is 1. The number of hydrogen-bond acceptors (Lipinski definition) is 4. The molecule has 0 bridgehead atoms. The van der Waals surface area contributed by atoms with Crippen LogP contribution >= 0.6 is 11.8 Å². The van der Waals surface area contributed by atoms with Gasteiger partial charge in [0.25, 0.3) is 5.56 Å². The number of nitrogens with zero attached hydrogens (tertiary/aromatic N) is 2. The Hall–Kier alpha value is -2.21. The van der Waals surface area contributed by atoms with E-state index in [2.05, 4.69) is 12.1 Å². The van der Waals surface area contributed by atoms with E-state index in [1.165, 1.54) is 4.90 Å². The molecule has 2 aliphatic rings. The van der Waals surface area contributed by atoms with Crippen LogP contribution in [0.25, 0.3) is 0 Å². The molecular weight excluding hydrogens is 360 g/mol. The molecule has 1 saturated carbocycles. The summed E-state index contributed by atoms with van der Waals surface area (Å²) in [4.78, 5) is 27.5. The van der Waals surface area contributed by atoms with Gasteiger partial charge in [-0.15, -0.1) is 11.8 Å². The van der Waals surface area contributed by atoms with Crippen LogP contribution in [0.5, 0.6) is 5.75 Å². The van der Waals surface area contributed by atoms with Crippen LogP contribution in [0.15, 0.2) is 52.2 Å². The number of ether oxygens (including phenoxy) is 1. The Bertz CT molecular complexity index is 871. The zero-order chi connectivity index (χ0) is 18.8. The van der Waals surface area contributed by atoms with Crippen molar-refractivity contribution in [2.75, 3.05) is 18.8 Å². The number of likely N-dealkylation sites (tertiary alicyclic amines) is 1. The molecule has 1 aromatic carbocycles. The lowest BCUT2D eigenvalue weighted by Crippen LogP contribution is -2.56. The van der Waals surface area contributed by atoms with Crippen molar-refractivity contribution in [3.05, 3.63) is 58.5 Å². The van der Waals surface area contributed by atoms with Crippen LogP contribution in [0.3, 0.4) is 0 Å². The number of carbonyl (C=O) groups excluding carboxylic acids is 1. The smallest absolute Gasteiger partial charge is 0.254 e. The molecule has 27 heavy (non-hydrogen) atoms. The van der Waals surface area contributed by atoms with E-state index < -0.39 is 0 Å². The Kier molecular flexibility index (Phi) is 5.25. The topological polar surface area (TPSA) is 51.5 Å². The summed E-state index contributed by atoms with van der Waals surface area (Å²) in [5.74, 6) is 1.56. The largest absolute Gasteiger partial charge is 0.486 e. The minimum atomic E-state index is -0.0219. The van der Waals surface area contributed by atoms with Gasteiger partial charge in [-0.2, -0.15) is 0 Å². The van der Waals surface area contributed by atoms with Gasteiger partial charge < -0.3 is 14.2 Å². The molecule has 2 fully saturated rings. The fraction of sp³-hybridized carbons (Fsp3) is 0.429. The number of hydrogen-bond donors (Lipinski definition) is 0. The van der Waals surface area contributed by atoms with Gasteiger partial charge in [0.1, 0.15) is 11.9 Å². The van der Waals surface area contributed by atoms with Crippen LogP contribution in [0.4, 0.5) is 0 Å².